The summed E-state index contributed by atoms with van der Waals surface area (Å²) in [5.41, 5.74) is 0. The van der Waals surface area contributed by atoms with Gasteiger partial charge in [0.25, 0.3) is 0 Å². The Morgan fingerprint density at radius 3 is 1.54 bits per heavy atom. The first-order chi connectivity index (χ1) is 30.6. The van der Waals surface area contributed by atoms with Crippen molar-refractivity contribution >= 4 is 5.97 Å². The Morgan fingerprint density at radius 1 is 0.524 bits per heavy atom. The second-order valence-corrected chi connectivity index (χ2v) is 17.3. The third kappa shape index (κ3) is 25.6. The van der Waals surface area contributed by atoms with E-state index in [1.165, 1.54) is 96.3 Å². The Hall–Kier alpha value is -1.79. The summed E-state index contributed by atoms with van der Waals surface area (Å²) >= 11 is 0. The number of aliphatic hydroxyl groups excluding tert-OH is 7. The predicted octanol–water partition coefficient (Wildman–Crippen LogP) is 6.63. The SMILES string of the molecule is CCCCCCC/C=C\C/C=C\C/C=C\CCCCCCCCCCCCCOCC(COC1OC(COC2OC(CO)C(O)C(O)C2O)C(O)C(O)C1O)OC(=O)CCCCC. The smallest absolute Gasteiger partial charge is 0.306 e. The van der Waals surface area contributed by atoms with Crippen molar-refractivity contribution in [2.24, 2.45) is 0 Å². The zero-order valence-corrected chi connectivity index (χ0v) is 38.8. The number of esters is 1. The molecule has 2 aliphatic rings. The highest BCUT2D eigenvalue weighted by Crippen LogP contribution is 2.26. The number of ether oxygens (including phenoxy) is 6. The van der Waals surface area contributed by atoms with E-state index in [1.807, 2.05) is 6.92 Å². The number of unbranched alkanes of at least 4 members (excludes halogenated alkanes) is 18. The Balaban J connectivity index is 1.58. The van der Waals surface area contributed by atoms with Crippen LogP contribution in [0.25, 0.3) is 0 Å². The number of allylic oxidation sites excluding steroid dienone is 6. The molecule has 368 valence electrons. The van der Waals surface area contributed by atoms with E-state index in [2.05, 4.69) is 43.4 Å². The van der Waals surface area contributed by atoms with Gasteiger partial charge >= 0.3 is 5.97 Å². The molecule has 0 aromatic rings. The molecule has 0 aromatic carbocycles. The van der Waals surface area contributed by atoms with E-state index in [1.54, 1.807) is 0 Å². The van der Waals surface area contributed by atoms with Gasteiger partial charge in [0.15, 0.2) is 12.6 Å². The van der Waals surface area contributed by atoms with Crippen molar-refractivity contribution in [2.75, 3.05) is 33.0 Å². The maximum absolute atomic E-state index is 12.6. The zero-order valence-electron chi connectivity index (χ0n) is 38.8. The molecule has 0 aromatic heterocycles. The molecule has 0 bridgehead atoms. The van der Waals surface area contributed by atoms with Gasteiger partial charge in [-0.2, -0.15) is 0 Å². The van der Waals surface area contributed by atoms with Crippen LogP contribution in [0.2, 0.25) is 0 Å². The van der Waals surface area contributed by atoms with Gasteiger partial charge < -0.3 is 64.2 Å². The van der Waals surface area contributed by atoms with Gasteiger partial charge in [-0.3, -0.25) is 4.79 Å². The lowest BCUT2D eigenvalue weighted by Crippen LogP contribution is -2.61. The molecule has 0 aliphatic carbocycles. The first kappa shape index (κ1) is 57.3. The fourth-order valence-corrected chi connectivity index (χ4v) is 7.58. The van der Waals surface area contributed by atoms with Crippen LogP contribution in [-0.4, -0.2) is 142 Å². The average molecular weight is 901 g/mol. The van der Waals surface area contributed by atoms with Crippen LogP contribution in [0.3, 0.4) is 0 Å². The molecule has 2 heterocycles. The van der Waals surface area contributed by atoms with E-state index in [9.17, 15) is 40.5 Å². The standard InChI is InChI=1S/C49H88O14/c1-3-5-7-8-9-10-11-12-13-14-15-16-17-18-19-20-21-22-23-24-25-26-27-28-29-31-33-58-35-38(61-41(51)32-30-6-4-2)36-59-48-47(57)45(55)43(53)40(63-48)37-60-49-46(56)44(54)42(52)39(34-50)62-49/h11-12,14-15,17-18,38-40,42-50,52-57H,3-10,13,16,19-37H2,1-2H3/b12-11-,15-14-,18-17-. The lowest BCUT2D eigenvalue weighted by molar-refractivity contribution is -0.332. The number of carbonyl (C=O) groups excluding carboxylic acids is 1. The molecule has 0 saturated carbocycles. The molecule has 11 atom stereocenters. The van der Waals surface area contributed by atoms with Crippen molar-refractivity contribution in [3.8, 4) is 0 Å². The van der Waals surface area contributed by atoms with Crippen molar-refractivity contribution < 1.29 is 69.0 Å². The zero-order chi connectivity index (χ0) is 45.9. The van der Waals surface area contributed by atoms with Gasteiger partial charge in [0.05, 0.1) is 26.4 Å². The molecule has 63 heavy (non-hydrogen) atoms. The highest BCUT2D eigenvalue weighted by atomic mass is 16.7. The van der Waals surface area contributed by atoms with Crippen LogP contribution in [0, 0.1) is 0 Å². The lowest BCUT2D eigenvalue weighted by atomic mass is 9.98. The van der Waals surface area contributed by atoms with Gasteiger partial charge in [0, 0.05) is 13.0 Å². The molecule has 2 rings (SSSR count). The number of hydrogen-bond acceptors (Lipinski definition) is 14. The molecular weight excluding hydrogens is 813 g/mol. The minimum absolute atomic E-state index is 0.0578. The summed E-state index contributed by atoms with van der Waals surface area (Å²) in [6.07, 6.45) is 24.7. The van der Waals surface area contributed by atoms with Crippen LogP contribution in [0.4, 0.5) is 0 Å². The fraction of sp³-hybridized carbons (Fsp3) is 0.857. The molecule has 7 N–H and O–H groups in total. The first-order valence-electron chi connectivity index (χ1n) is 24.6. The van der Waals surface area contributed by atoms with Gasteiger partial charge in [0.2, 0.25) is 0 Å². The van der Waals surface area contributed by atoms with Gasteiger partial charge in [-0.15, -0.1) is 0 Å². The molecule has 2 fully saturated rings. The van der Waals surface area contributed by atoms with Gasteiger partial charge in [-0.1, -0.05) is 147 Å². The van der Waals surface area contributed by atoms with E-state index < -0.39 is 86.7 Å². The normalized spacial score (nSPS) is 27.3. The van der Waals surface area contributed by atoms with E-state index in [-0.39, 0.29) is 19.6 Å². The molecule has 2 saturated heterocycles. The quantitative estimate of drug-likeness (QED) is 0.0197. The van der Waals surface area contributed by atoms with Crippen molar-refractivity contribution in [1.82, 2.24) is 0 Å². The highest BCUT2D eigenvalue weighted by molar-refractivity contribution is 5.69. The lowest BCUT2D eigenvalue weighted by Gasteiger charge is -2.42. The Morgan fingerprint density at radius 2 is 0.984 bits per heavy atom. The van der Waals surface area contributed by atoms with Crippen LogP contribution in [0.15, 0.2) is 36.5 Å². The van der Waals surface area contributed by atoms with E-state index >= 15 is 0 Å². The number of carbonyl (C=O) groups is 1. The van der Waals surface area contributed by atoms with Crippen LogP contribution in [0.1, 0.15) is 168 Å². The monoisotopic (exact) mass is 901 g/mol. The van der Waals surface area contributed by atoms with Crippen LogP contribution in [0.5, 0.6) is 0 Å². The van der Waals surface area contributed by atoms with E-state index in [0.717, 1.165) is 44.9 Å². The van der Waals surface area contributed by atoms with E-state index in [0.29, 0.717) is 13.0 Å². The van der Waals surface area contributed by atoms with Gasteiger partial charge in [0.1, 0.15) is 54.9 Å². The second-order valence-electron chi connectivity index (χ2n) is 17.3. The first-order valence-corrected chi connectivity index (χ1v) is 24.6. The largest absolute Gasteiger partial charge is 0.457 e. The van der Waals surface area contributed by atoms with Crippen LogP contribution in [-0.2, 0) is 33.2 Å². The molecule has 14 nitrogen and oxygen atoms in total. The van der Waals surface area contributed by atoms with Crippen molar-refractivity contribution in [3.05, 3.63) is 36.5 Å². The molecule has 0 radical (unpaired) electrons. The van der Waals surface area contributed by atoms with Crippen molar-refractivity contribution in [1.29, 1.82) is 0 Å². The maximum Gasteiger partial charge on any atom is 0.306 e. The number of aliphatic hydroxyl groups is 7. The van der Waals surface area contributed by atoms with Crippen molar-refractivity contribution in [3.63, 3.8) is 0 Å². The maximum atomic E-state index is 12.6. The summed E-state index contributed by atoms with van der Waals surface area (Å²) in [6.45, 7) is 3.48. The summed E-state index contributed by atoms with van der Waals surface area (Å²) in [5.74, 6) is -0.402. The van der Waals surface area contributed by atoms with Gasteiger partial charge in [-0.05, 0) is 51.4 Å². The minimum Gasteiger partial charge on any atom is -0.457 e. The van der Waals surface area contributed by atoms with Crippen LogP contribution >= 0.6 is 0 Å². The number of hydrogen-bond donors (Lipinski definition) is 7. The third-order valence-corrected chi connectivity index (χ3v) is 11.7. The molecular formula is C49H88O14. The van der Waals surface area contributed by atoms with E-state index in [4.69, 9.17) is 28.4 Å². The van der Waals surface area contributed by atoms with Crippen LogP contribution < -0.4 is 0 Å². The summed E-state index contributed by atoms with van der Waals surface area (Å²) < 4.78 is 33.9. The summed E-state index contributed by atoms with van der Waals surface area (Å²) in [7, 11) is 0. The molecule has 0 spiro atoms. The molecule has 2 aliphatic heterocycles. The molecule has 14 heteroatoms. The second kappa shape index (κ2) is 37.3. The Kier molecular flexibility index (Phi) is 34.0. The third-order valence-electron chi connectivity index (χ3n) is 11.7. The minimum atomic E-state index is -1.70. The molecule has 11 unspecified atom stereocenters. The summed E-state index contributed by atoms with van der Waals surface area (Å²) in [5, 5.41) is 71.6. The molecule has 0 amide bonds. The Bertz CT molecular complexity index is 1180. The topological polar surface area (TPSA) is 214 Å². The van der Waals surface area contributed by atoms with Crippen molar-refractivity contribution in [2.45, 2.75) is 235 Å². The summed E-state index contributed by atoms with van der Waals surface area (Å²) in [6, 6.07) is 0. The Labute approximate surface area is 379 Å². The number of rotatable bonds is 38. The highest BCUT2D eigenvalue weighted by Gasteiger charge is 2.47. The fourth-order valence-electron chi connectivity index (χ4n) is 7.58. The summed E-state index contributed by atoms with van der Waals surface area (Å²) in [4.78, 5) is 12.6. The van der Waals surface area contributed by atoms with Gasteiger partial charge in [-0.25, -0.2) is 0 Å². The predicted molar refractivity (Wildman–Crippen MR) is 243 cm³/mol. The average Bonchev–Trinajstić information content (AvgIpc) is 3.28.